The Morgan fingerprint density at radius 3 is 2.47 bits per heavy atom. The summed E-state index contributed by atoms with van der Waals surface area (Å²) in [6.07, 6.45) is 0.463. The third-order valence-electron chi connectivity index (χ3n) is 2.94. The van der Waals surface area contributed by atoms with Crippen molar-refractivity contribution in [1.82, 2.24) is 4.90 Å². The van der Waals surface area contributed by atoms with Crippen molar-refractivity contribution in [1.29, 1.82) is 5.26 Å². The Hall–Kier alpha value is -1.09. The van der Waals surface area contributed by atoms with Gasteiger partial charge in [-0.25, -0.2) is 8.42 Å². The van der Waals surface area contributed by atoms with E-state index in [0.717, 1.165) is 0 Å². The van der Waals surface area contributed by atoms with E-state index >= 15 is 0 Å². The molecular weight excluding hydrogens is 240 g/mol. The second-order valence-electron chi connectivity index (χ2n) is 4.68. The lowest BCUT2D eigenvalue weighted by atomic mass is 9.96. The molecule has 1 amide bonds. The molecule has 0 saturated carbocycles. The second kappa shape index (κ2) is 5.50. The van der Waals surface area contributed by atoms with Gasteiger partial charge in [0, 0.05) is 13.1 Å². The van der Waals surface area contributed by atoms with Crippen LogP contribution in [0.2, 0.25) is 0 Å². The average molecular weight is 258 g/mol. The normalized spacial score (nSPS) is 21.6. The fourth-order valence-corrected chi connectivity index (χ4v) is 3.12. The van der Waals surface area contributed by atoms with Crippen molar-refractivity contribution in [3.05, 3.63) is 0 Å². The molecule has 0 aromatic heterocycles. The summed E-state index contributed by atoms with van der Waals surface area (Å²) in [4.78, 5) is 13.6. The van der Waals surface area contributed by atoms with Crippen LogP contribution in [0.5, 0.6) is 0 Å². The third-order valence-corrected chi connectivity index (χ3v) is 4.65. The van der Waals surface area contributed by atoms with Crippen molar-refractivity contribution >= 4 is 15.7 Å². The van der Waals surface area contributed by atoms with Crippen LogP contribution in [-0.4, -0.2) is 43.8 Å². The molecule has 0 aromatic rings. The van der Waals surface area contributed by atoms with Crippen LogP contribution in [0.1, 0.15) is 20.3 Å². The molecular formula is C11H18N2O3S. The molecule has 0 radical (unpaired) electrons. The first-order chi connectivity index (χ1) is 7.87. The number of carbonyl (C=O) groups is 1. The van der Waals surface area contributed by atoms with E-state index in [9.17, 15) is 13.2 Å². The predicted molar refractivity (Wildman–Crippen MR) is 63.8 cm³/mol. The highest BCUT2D eigenvalue weighted by Gasteiger charge is 2.29. The molecule has 17 heavy (non-hydrogen) atoms. The summed E-state index contributed by atoms with van der Waals surface area (Å²) in [7, 11) is -3.02. The van der Waals surface area contributed by atoms with E-state index in [1.54, 1.807) is 0 Å². The zero-order valence-electron chi connectivity index (χ0n) is 10.2. The van der Waals surface area contributed by atoms with Gasteiger partial charge >= 0.3 is 0 Å². The van der Waals surface area contributed by atoms with Crippen LogP contribution in [0.3, 0.4) is 0 Å². The van der Waals surface area contributed by atoms with Gasteiger partial charge in [0.25, 0.3) is 0 Å². The minimum Gasteiger partial charge on any atom is -0.341 e. The Balaban J connectivity index is 2.74. The summed E-state index contributed by atoms with van der Waals surface area (Å²) in [6, 6.07) is 2.00. The molecule has 0 spiro atoms. The maximum absolute atomic E-state index is 12.0. The number of nitriles is 1. The van der Waals surface area contributed by atoms with Crippen molar-refractivity contribution in [2.75, 3.05) is 24.6 Å². The highest BCUT2D eigenvalue weighted by atomic mass is 32.2. The standard InChI is InChI=1S/C11H18N2O3S/c1-9(2)10(8-12)11(14)13-4-3-6-17(15,16)7-5-13/h9-10H,3-7H2,1-2H3. The Bertz CT molecular complexity index is 422. The maximum Gasteiger partial charge on any atom is 0.240 e. The summed E-state index contributed by atoms with van der Waals surface area (Å²) in [5.41, 5.74) is 0. The van der Waals surface area contributed by atoms with Gasteiger partial charge in [-0.2, -0.15) is 5.26 Å². The van der Waals surface area contributed by atoms with Crippen LogP contribution >= 0.6 is 0 Å². The fraction of sp³-hybridized carbons (Fsp3) is 0.818. The molecule has 5 nitrogen and oxygen atoms in total. The number of nitrogens with zero attached hydrogens (tertiary/aromatic N) is 2. The van der Waals surface area contributed by atoms with E-state index in [0.29, 0.717) is 13.0 Å². The van der Waals surface area contributed by atoms with Gasteiger partial charge in [-0.15, -0.1) is 0 Å². The molecule has 0 bridgehead atoms. The molecule has 0 N–H and O–H groups in total. The molecule has 1 heterocycles. The Morgan fingerprint density at radius 1 is 1.29 bits per heavy atom. The summed E-state index contributed by atoms with van der Waals surface area (Å²) < 4.78 is 22.8. The van der Waals surface area contributed by atoms with Crippen molar-refractivity contribution in [3.8, 4) is 6.07 Å². The van der Waals surface area contributed by atoms with E-state index in [1.807, 2.05) is 19.9 Å². The second-order valence-corrected chi connectivity index (χ2v) is 6.99. The first-order valence-corrected chi connectivity index (χ1v) is 7.58. The zero-order chi connectivity index (χ0) is 13.1. The molecule has 1 aliphatic rings. The highest BCUT2D eigenvalue weighted by molar-refractivity contribution is 7.91. The number of hydrogen-bond acceptors (Lipinski definition) is 4. The van der Waals surface area contributed by atoms with Gasteiger partial charge in [0.15, 0.2) is 9.84 Å². The van der Waals surface area contributed by atoms with E-state index in [4.69, 9.17) is 5.26 Å². The number of amides is 1. The number of rotatable bonds is 2. The third kappa shape index (κ3) is 3.70. The Morgan fingerprint density at radius 2 is 1.94 bits per heavy atom. The molecule has 96 valence electrons. The first-order valence-electron chi connectivity index (χ1n) is 5.76. The van der Waals surface area contributed by atoms with Gasteiger partial charge in [-0.05, 0) is 12.3 Å². The van der Waals surface area contributed by atoms with Crippen LogP contribution in [0, 0.1) is 23.2 Å². The van der Waals surface area contributed by atoms with E-state index < -0.39 is 15.8 Å². The highest BCUT2D eigenvalue weighted by Crippen LogP contribution is 2.15. The van der Waals surface area contributed by atoms with E-state index in [-0.39, 0.29) is 29.9 Å². The van der Waals surface area contributed by atoms with Crippen LogP contribution in [0.25, 0.3) is 0 Å². The van der Waals surface area contributed by atoms with Crippen LogP contribution in [-0.2, 0) is 14.6 Å². The SMILES string of the molecule is CC(C)C(C#N)C(=O)N1CCCS(=O)(=O)CC1. The fourth-order valence-electron chi connectivity index (χ4n) is 1.84. The van der Waals surface area contributed by atoms with Crippen molar-refractivity contribution in [2.24, 2.45) is 11.8 Å². The Kier molecular flexibility index (Phi) is 4.52. The average Bonchev–Trinajstić information content (AvgIpc) is 2.39. The van der Waals surface area contributed by atoms with Gasteiger partial charge in [0.1, 0.15) is 5.92 Å². The van der Waals surface area contributed by atoms with Gasteiger partial charge in [0.2, 0.25) is 5.91 Å². The van der Waals surface area contributed by atoms with Gasteiger partial charge < -0.3 is 4.90 Å². The quantitative estimate of drug-likeness (QED) is 0.719. The lowest BCUT2D eigenvalue weighted by Gasteiger charge is -2.23. The van der Waals surface area contributed by atoms with Crippen molar-refractivity contribution < 1.29 is 13.2 Å². The number of hydrogen-bond donors (Lipinski definition) is 0. The molecule has 1 unspecified atom stereocenters. The van der Waals surface area contributed by atoms with Gasteiger partial charge in [-0.1, -0.05) is 13.8 Å². The zero-order valence-corrected chi connectivity index (χ0v) is 11.0. The molecule has 1 rings (SSSR count). The Labute approximate surface area is 102 Å². The van der Waals surface area contributed by atoms with Crippen LogP contribution in [0.15, 0.2) is 0 Å². The lowest BCUT2D eigenvalue weighted by Crippen LogP contribution is -2.39. The molecule has 0 aliphatic carbocycles. The summed E-state index contributed by atoms with van der Waals surface area (Å²) >= 11 is 0. The van der Waals surface area contributed by atoms with E-state index in [2.05, 4.69) is 0 Å². The molecule has 1 saturated heterocycles. The smallest absolute Gasteiger partial charge is 0.240 e. The van der Waals surface area contributed by atoms with Gasteiger partial charge in [0.05, 0.1) is 17.6 Å². The van der Waals surface area contributed by atoms with E-state index in [1.165, 1.54) is 4.90 Å². The first kappa shape index (κ1) is 14.0. The molecule has 1 atom stereocenters. The van der Waals surface area contributed by atoms with Crippen LogP contribution in [0.4, 0.5) is 0 Å². The number of sulfone groups is 1. The topological polar surface area (TPSA) is 78.2 Å². The van der Waals surface area contributed by atoms with Crippen molar-refractivity contribution in [2.45, 2.75) is 20.3 Å². The largest absolute Gasteiger partial charge is 0.341 e. The summed E-state index contributed by atoms with van der Waals surface area (Å²) in [5.74, 6) is -0.812. The molecule has 1 fully saturated rings. The van der Waals surface area contributed by atoms with Gasteiger partial charge in [-0.3, -0.25) is 4.79 Å². The predicted octanol–water partition coefficient (Wildman–Crippen LogP) is 0.429. The summed E-state index contributed by atoms with van der Waals surface area (Å²) in [5, 5.41) is 8.95. The van der Waals surface area contributed by atoms with Crippen LogP contribution < -0.4 is 0 Å². The summed E-state index contributed by atoms with van der Waals surface area (Å²) in [6.45, 7) is 4.29. The maximum atomic E-state index is 12.0. The molecule has 0 aromatic carbocycles. The lowest BCUT2D eigenvalue weighted by molar-refractivity contribution is -0.134. The monoisotopic (exact) mass is 258 g/mol. The number of carbonyl (C=O) groups excluding carboxylic acids is 1. The minimum absolute atomic E-state index is 0.00891. The molecule has 1 aliphatic heterocycles. The van der Waals surface area contributed by atoms with Crippen molar-refractivity contribution in [3.63, 3.8) is 0 Å². The molecule has 6 heteroatoms. The minimum atomic E-state index is -3.02.